The molecule has 0 unspecified atom stereocenters. The van der Waals surface area contributed by atoms with Crippen LogP contribution in [0.2, 0.25) is 0 Å². The van der Waals surface area contributed by atoms with E-state index < -0.39 is 26.9 Å². The number of hydrogen-bond acceptors (Lipinski definition) is 6. The molecule has 0 bridgehead atoms. The second kappa shape index (κ2) is 5.47. The Kier molecular flexibility index (Phi) is 4.07. The zero-order valence-electron chi connectivity index (χ0n) is 11.0. The molecule has 7 nitrogen and oxygen atoms in total. The zero-order valence-corrected chi connectivity index (χ0v) is 11.8. The van der Waals surface area contributed by atoms with Crippen LogP contribution < -0.4 is 0 Å². The Morgan fingerprint density at radius 1 is 1.35 bits per heavy atom. The monoisotopic (exact) mass is 300 g/mol. The molecule has 0 aromatic heterocycles. The van der Waals surface area contributed by atoms with Crippen LogP contribution in [0.15, 0.2) is 24.3 Å². The van der Waals surface area contributed by atoms with Crippen LogP contribution in [0.25, 0.3) is 0 Å². The van der Waals surface area contributed by atoms with Crippen molar-refractivity contribution >= 4 is 15.5 Å². The van der Waals surface area contributed by atoms with Crippen LogP contribution in [0, 0.1) is 10.1 Å². The van der Waals surface area contributed by atoms with E-state index in [2.05, 4.69) is 0 Å². The summed E-state index contributed by atoms with van der Waals surface area (Å²) in [5, 5.41) is 20.3. The first kappa shape index (κ1) is 14.9. The number of sulfone groups is 1. The third kappa shape index (κ3) is 3.33. The maximum Gasteiger partial charge on any atom is 0.269 e. The highest BCUT2D eigenvalue weighted by molar-refractivity contribution is 7.91. The topological polar surface area (TPSA) is 101 Å². The lowest BCUT2D eigenvalue weighted by Crippen LogP contribution is -2.40. The molecule has 0 saturated carbocycles. The van der Waals surface area contributed by atoms with Gasteiger partial charge in [0, 0.05) is 18.7 Å². The number of aliphatic hydroxyl groups is 1. The minimum atomic E-state index is -3.18. The van der Waals surface area contributed by atoms with Gasteiger partial charge in [0.25, 0.3) is 5.69 Å². The first-order valence-corrected chi connectivity index (χ1v) is 7.93. The lowest BCUT2D eigenvalue weighted by atomic mass is 10.1. The van der Waals surface area contributed by atoms with Crippen LogP contribution in [0.4, 0.5) is 5.69 Å². The Bertz CT molecular complexity index is 599. The van der Waals surface area contributed by atoms with E-state index in [9.17, 15) is 23.6 Å². The van der Waals surface area contributed by atoms with Crippen molar-refractivity contribution in [3.8, 4) is 0 Å². The van der Waals surface area contributed by atoms with E-state index in [1.54, 1.807) is 24.1 Å². The molecule has 0 spiro atoms. The molecule has 1 saturated heterocycles. The van der Waals surface area contributed by atoms with E-state index >= 15 is 0 Å². The van der Waals surface area contributed by atoms with Crippen LogP contribution in [-0.2, 0) is 16.4 Å². The molecule has 1 aromatic rings. The molecular weight excluding hydrogens is 284 g/mol. The zero-order chi connectivity index (χ0) is 14.9. The lowest BCUT2D eigenvalue weighted by Gasteiger charge is -2.25. The predicted octanol–water partition coefficient (Wildman–Crippen LogP) is 0.185. The third-order valence-electron chi connectivity index (χ3n) is 3.44. The van der Waals surface area contributed by atoms with Gasteiger partial charge >= 0.3 is 0 Å². The molecule has 1 N–H and O–H groups in total. The van der Waals surface area contributed by atoms with Crippen LogP contribution in [0.5, 0.6) is 0 Å². The molecule has 1 aliphatic heterocycles. The number of nitrogens with zero attached hydrogens (tertiary/aromatic N) is 2. The molecule has 110 valence electrons. The number of nitro groups is 1. The summed E-state index contributed by atoms with van der Waals surface area (Å²) in [6.45, 7) is 0.426. The van der Waals surface area contributed by atoms with Crippen molar-refractivity contribution in [2.75, 3.05) is 18.6 Å². The molecule has 1 aromatic carbocycles. The van der Waals surface area contributed by atoms with E-state index in [0.717, 1.165) is 5.56 Å². The van der Waals surface area contributed by atoms with E-state index in [-0.39, 0.29) is 17.2 Å². The lowest BCUT2D eigenvalue weighted by molar-refractivity contribution is -0.384. The largest absolute Gasteiger partial charge is 0.390 e. The number of non-ortho nitro benzene ring substituents is 1. The number of aliphatic hydroxyl groups excluding tert-OH is 1. The predicted molar refractivity (Wildman–Crippen MR) is 73.0 cm³/mol. The molecule has 8 heteroatoms. The molecule has 1 aliphatic rings. The van der Waals surface area contributed by atoms with E-state index in [1.807, 2.05) is 0 Å². The summed E-state index contributed by atoms with van der Waals surface area (Å²) in [5.41, 5.74) is 0.842. The normalized spacial score (nSPS) is 24.9. The van der Waals surface area contributed by atoms with Gasteiger partial charge in [-0.2, -0.15) is 0 Å². The van der Waals surface area contributed by atoms with Gasteiger partial charge in [-0.3, -0.25) is 15.0 Å². The van der Waals surface area contributed by atoms with Crippen molar-refractivity contribution in [3.05, 3.63) is 39.9 Å². The Labute approximate surface area is 116 Å². The standard InChI is InChI=1S/C12H16N2O5S/c1-13(11-7-20(18,19)8-12(11)15)6-9-2-4-10(5-3-9)14(16)17/h2-5,11-12,15H,6-8H2,1H3/t11-,12+/m1/s1. The van der Waals surface area contributed by atoms with E-state index in [1.165, 1.54) is 12.1 Å². The van der Waals surface area contributed by atoms with E-state index in [0.29, 0.717) is 6.54 Å². The van der Waals surface area contributed by atoms with Crippen LogP contribution in [0.3, 0.4) is 0 Å². The van der Waals surface area contributed by atoms with Crippen molar-refractivity contribution in [2.24, 2.45) is 0 Å². The summed E-state index contributed by atoms with van der Waals surface area (Å²) >= 11 is 0. The minimum Gasteiger partial charge on any atom is -0.390 e. The van der Waals surface area contributed by atoms with Crippen molar-refractivity contribution in [1.82, 2.24) is 4.90 Å². The fraction of sp³-hybridized carbons (Fsp3) is 0.500. The van der Waals surface area contributed by atoms with Crippen molar-refractivity contribution < 1.29 is 18.4 Å². The quantitative estimate of drug-likeness (QED) is 0.629. The van der Waals surface area contributed by atoms with Gasteiger partial charge in [0.15, 0.2) is 9.84 Å². The fourth-order valence-corrected chi connectivity index (χ4v) is 4.24. The molecule has 2 rings (SSSR count). The van der Waals surface area contributed by atoms with Crippen LogP contribution in [0.1, 0.15) is 5.56 Å². The molecule has 1 heterocycles. The van der Waals surface area contributed by atoms with Gasteiger partial charge in [-0.1, -0.05) is 12.1 Å². The second-order valence-corrected chi connectivity index (χ2v) is 7.20. The molecule has 0 amide bonds. The van der Waals surface area contributed by atoms with E-state index in [4.69, 9.17) is 0 Å². The number of likely N-dealkylation sites (N-methyl/N-ethyl adjacent to an activating group) is 1. The maximum atomic E-state index is 11.5. The van der Waals surface area contributed by atoms with Crippen LogP contribution >= 0.6 is 0 Å². The number of nitro benzene ring substituents is 1. The van der Waals surface area contributed by atoms with Gasteiger partial charge in [0.1, 0.15) is 0 Å². The Morgan fingerprint density at radius 2 is 1.95 bits per heavy atom. The van der Waals surface area contributed by atoms with Crippen LogP contribution in [-0.4, -0.2) is 54.0 Å². The molecule has 0 aliphatic carbocycles. The summed E-state index contributed by atoms with van der Waals surface area (Å²) in [4.78, 5) is 11.8. The maximum absolute atomic E-state index is 11.5. The summed E-state index contributed by atoms with van der Waals surface area (Å²) < 4.78 is 22.9. The SMILES string of the molecule is CN(Cc1ccc([N+](=O)[O-])cc1)[C@@H]1CS(=O)(=O)C[C@@H]1O. The van der Waals surface area contributed by atoms with Crippen molar-refractivity contribution in [3.63, 3.8) is 0 Å². The van der Waals surface area contributed by atoms with Crippen molar-refractivity contribution in [1.29, 1.82) is 0 Å². The van der Waals surface area contributed by atoms with Crippen molar-refractivity contribution in [2.45, 2.75) is 18.7 Å². The highest BCUT2D eigenvalue weighted by Crippen LogP contribution is 2.20. The summed E-state index contributed by atoms with van der Waals surface area (Å²) in [6.07, 6.45) is -0.886. The number of benzene rings is 1. The Balaban J connectivity index is 2.04. The molecule has 0 radical (unpaired) electrons. The molecular formula is C12H16N2O5S. The van der Waals surface area contributed by atoms with Gasteiger partial charge < -0.3 is 5.11 Å². The molecule has 2 atom stereocenters. The first-order chi connectivity index (χ1) is 9.28. The average molecular weight is 300 g/mol. The van der Waals surface area contributed by atoms with Gasteiger partial charge in [-0.15, -0.1) is 0 Å². The van der Waals surface area contributed by atoms with Gasteiger partial charge in [0.05, 0.1) is 28.6 Å². The third-order valence-corrected chi connectivity index (χ3v) is 5.14. The minimum absolute atomic E-state index is 0.0138. The van der Waals surface area contributed by atoms with Gasteiger partial charge in [-0.25, -0.2) is 8.42 Å². The Hall–Kier alpha value is -1.51. The highest BCUT2D eigenvalue weighted by atomic mass is 32.2. The summed E-state index contributed by atoms with van der Waals surface area (Å²) in [5.74, 6) is -0.264. The highest BCUT2D eigenvalue weighted by Gasteiger charge is 2.38. The molecule has 1 fully saturated rings. The Morgan fingerprint density at radius 3 is 2.40 bits per heavy atom. The smallest absolute Gasteiger partial charge is 0.269 e. The number of rotatable bonds is 4. The first-order valence-electron chi connectivity index (χ1n) is 6.10. The second-order valence-electron chi connectivity index (χ2n) is 5.05. The number of hydrogen-bond donors (Lipinski definition) is 1. The molecule has 20 heavy (non-hydrogen) atoms. The summed E-state index contributed by atoms with van der Waals surface area (Å²) in [6, 6.07) is 5.64. The fourth-order valence-electron chi connectivity index (χ4n) is 2.36. The summed E-state index contributed by atoms with van der Waals surface area (Å²) in [7, 11) is -1.45. The average Bonchev–Trinajstić information content (AvgIpc) is 2.63. The van der Waals surface area contributed by atoms with Gasteiger partial charge in [0.2, 0.25) is 0 Å². The van der Waals surface area contributed by atoms with Gasteiger partial charge in [-0.05, 0) is 12.6 Å².